The van der Waals surface area contributed by atoms with Crippen LogP contribution in [0.5, 0.6) is 0 Å². The van der Waals surface area contributed by atoms with Gasteiger partial charge < -0.3 is 10.4 Å². The van der Waals surface area contributed by atoms with Gasteiger partial charge in [0.1, 0.15) is 5.69 Å². The summed E-state index contributed by atoms with van der Waals surface area (Å²) in [7, 11) is 0. The predicted molar refractivity (Wildman–Crippen MR) is 65.9 cm³/mol. The van der Waals surface area contributed by atoms with Gasteiger partial charge in [0.25, 0.3) is 5.92 Å². The molecule has 0 aliphatic carbocycles. The smallest absolute Gasteiger partial charge is 0.290 e. The van der Waals surface area contributed by atoms with Crippen LogP contribution in [-0.4, -0.2) is 27.5 Å². The van der Waals surface area contributed by atoms with Crippen LogP contribution < -0.4 is 5.32 Å². The van der Waals surface area contributed by atoms with Gasteiger partial charge in [0.05, 0.1) is 5.69 Å². The Morgan fingerprint density at radius 3 is 3.05 bits per heavy atom. The Balaban J connectivity index is 2.03. The molecule has 1 aromatic heterocycles. The number of aromatic nitrogens is 2. The van der Waals surface area contributed by atoms with E-state index in [1.165, 1.54) is 4.68 Å². The molecule has 2 N–H and O–H groups in total. The van der Waals surface area contributed by atoms with Crippen LogP contribution in [0, 0.1) is 5.92 Å². The van der Waals surface area contributed by atoms with Crippen molar-refractivity contribution in [2.75, 3.05) is 6.61 Å². The molecule has 2 atom stereocenters. The third kappa shape index (κ3) is 2.17. The van der Waals surface area contributed by atoms with Crippen molar-refractivity contribution in [2.24, 2.45) is 5.92 Å². The standard InChI is InChI=1S/C13H19F2N3O/c1-8-4-11-10(6-16-8)12-13(14,15)5-9(7-19)2-3-18(12)17-11/h8-9,16,19H,2-7H2,1H3/t8-,9-/m1/s1. The van der Waals surface area contributed by atoms with Gasteiger partial charge in [-0.3, -0.25) is 4.68 Å². The van der Waals surface area contributed by atoms with Crippen LogP contribution in [0.25, 0.3) is 0 Å². The van der Waals surface area contributed by atoms with Crippen LogP contribution in [0.15, 0.2) is 0 Å². The van der Waals surface area contributed by atoms with Gasteiger partial charge >= 0.3 is 0 Å². The molecule has 19 heavy (non-hydrogen) atoms. The Morgan fingerprint density at radius 1 is 1.53 bits per heavy atom. The van der Waals surface area contributed by atoms with Crippen molar-refractivity contribution >= 4 is 0 Å². The molecule has 0 fully saturated rings. The van der Waals surface area contributed by atoms with E-state index in [4.69, 9.17) is 5.11 Å². The zero-order chi connectivity index (χ0) is 13.6. The maximum absolute atomic E-state index is 14.4. The van der Waals surface area contributed by atoms with Crippen LogP contribution in [0.2, 0.25) is 0 Å². The van der Waals surface area contributed by atoms with Gasteiger partial charge in [-0.25, -0.2) is 0 Å². The summed E-state index contributed by atoms with van der Waals surface area (Å²) in [6, 6.07) is 0.283. The third-order valence-electron chi connectivity index (χ3n) is 4.16. The van der Waals surface area contributed by atoms with Crippen molar-refractivity contribution in [3.63, 3.8) is 0 Å². The summed E-state index contributed by atoms with van der Waals surface area (Å²) >= 11 is 0. The molecule has 0 spiro atoms. The normalized spacial score (nSPS) is 29.5. The number of alkyl halides is 2. The van der Waals surface area contributed by atoms with Crippen LogP contribution >= 0.6 is 0 Å². The molecule has 2 aliphatic rings. The Labute approximate surface area is 110 Å². The summed E-state index contributed by atoms with van der Waals surface area (Å²) in [4.78, 5) is 0. The molecule has 0 saturated heterocycles. The van der Waals surface area contributed by atoms with Crippen molar-refractivity contribution in [3.05, 3.63) is 17.0 Å². The van der Waals surface area contributed by atoms with E-state index < -0.39 is 5.92 Å². The highest BCUT2D eigenvalue weighted by Gasteiger charge is 2.43. The van der Waals surface area contributed by atoms with Gasteiger partial charge in [0.2, 0.25) is 0 Å². The van der Waals surface area contributed by atoms with E-state index in [1.54, 1.807) is 0 Å². The zero-order valence-electron chi connectivity index (χ0n) is 11.0. The van der Waals surface area contributed by atoms with Crippen molar-refractivity contribution in [2.45, 2.75) is 51.2 Å². The number of fused-ring (bicyclic) bond motifs is 3. The second-order valence-corrected chi connectivity index (χ2v) is 5.73. The molecular formula is C13H19F2N3O. The molecule has 0 radical (unpaired) electrons. The van der Waals surface area contributed by atoms with Gasteiger partial charge in [-0.1, -0.05) is 0 Å². The van der Waals surface area contributed by atoms with E-state index in [1.807, 2.05) is 6.92 Å². The molecule has 0 unspecified atom stereocenters. The first-order valence-electron chi connectivity index (χ1n) is 6.82. The molecule has 6 heteroatoms. The number of rotatable bonds is 1. The highest BCUT2D eigenvalue weighted by atomic mass is 19.3. The fourth-order valence-electron chi connectivity index (χ4n) is 3.13. The largest absolute Gasteiger partial charge is 0.396 e. The Bertz CT molecular complexity index is 486. The maximum atomic E-state index is 14.4. The number of aryl methyl sites for hydroxylation is 1. The molecule has 4 nitrogen and oxygen atoms in total. The van der Waals surface area contributed by atoms with Crippen molar-refractivity contribution < 1.29 is 13.9 Å². The van der Waals surface area contributed by atoms with Gasteiger partial charge in [-0.2, -0.15) is 13.9 Å². The Morgan fingerprint density at radius 2 is 2.32 bits per heavy atom. The van der Waals surface area contributed by atoms with Crippen LogP contribution in [0.4, 0.5) is 8.78 Å². The van der Waals surface area contributed by atoms with Crippen molar-refractivity contribution in [1.29, 1.82) is 0 Å². The number of nitrogens with one attached hydrogen (secondary N) is 1. The molecule has 0 aromatic carbocycles. The second-order valence-electron chi connectivity index (χ2n) is 5.73. The number of hydrogen-bond donors (Lipinski definition) is 2. The van der Waals surface area contributed by atoms with Gasteiger partial charge in [0.15, 0.2) is 0 Å². The van der Waals surface area contributed by atoms with Crippen LogP contribution in [0.1, 0.15) is 36.7 Å². The lowest BCUT2D eigenvalue weighted by molar-refractivity contribution is -0.0382. The van der Waals surface area contributed by atoms with E-state index in [9.17, 15) is 8.78 Å². The average Bonchev–Trinajstić information content (AvgIpc) is 2.66. The van der Waals surface area contributed by atoms with Gasteiger partial charge in [-0.05, 0) is 19.3 Å². The first-order valence-corrected chi connectivity index (χ1v) is 6.82. The number of aliphatic hydroxyl groups is 1. The zero-order valence-corrected chi connectivity index (χ0v) is 11.0. The molecule has 1 aromatic rings. The highest BCUT2D eigenvalue weighted by Crippen LogP contribution is 2.41. The fourth-order valence-corrected chi connectivity index (χ4v) is 3.13. The fraction of sp³-hybridized carbons (Fsp3) is 0.769. The molecule has 106 valence electrons. The van der Waals surface area contributed by atoms with E-state index in [0.29, 0.717) is 31.5 Å². The Hall–Kier alpha value is -1.01. The number of aliphatic hydroxyl groups excluding tert-OH is 1. The molecule has 0 saturated carbocycles. The molecule has 0 amide bonds. The number of nitrogens with zero attached hydrogens (tertiary/aromatic N) is 2. The summed E-state index contributed by atoms with van der Waals surface area (Å²) in [6.07, 6.45) is 0.981. The molecule has 2 aliphatic heterocycles. The monoisotopic (exact) mass is 271 g/mol. The predicted octanol–water partition coefficient (Wildman–Crippen LogP) is 1.41. The topological polar surface area (TPSA) is 50.1 Å². The van der Waals surface area contributed by atoms with Gasteiger partial charge in [0, 0.05) is 44.1 Å². The summed E-state index contributed by atoms with van der Waals surface area (Å²) in [5, 5.41) is 16.8. The summed E-state index contributed by atoms with van der Waals surface area (Å²) < 4.78 is 30.3. The lowest BCUT2D eigenvalue weighted by Crippen LogP contribution is -2.34. The molecule has 3 heterocycles. The van der Waals surface area contributed by atoms with Crippen molar-refractivity contribution in [3.8, 4) is 0 Å². The maximum Gasteiger partial charge on any atom is 0.290 e. The minimum atomic E-state index is -2.90. The van der Waals surface area contributed by atoms with Crippen molar-refractivity contribution in [1.82, 2.24) is 15.1 Å². The number of hydrogen-bond acceptors (Lipinski definition) is 3. The van der Waals surface area contributed by atoms with Crippen LogP contribution in [0.3, 0.4) is 0 Å². The minimum absolute atomic E-state index is 0.0675. The first-order chi connectivity index (χ1) is 9.01. The SMILES string of the molecule is C[C@@H]1Cc2nn3c(c2CN1)C(F)(F)C[C@H](CO)CC3. The summed E-state index contributed by atoms with van der Waals surface area (Å²) in [5.74, 6) is -3.24. The molecule has 0 bridgehead atoms. The Kier molecular flexibility index (Phi) is 3.09. The van der Waals surface area contributed by atoms with E-state index >= 15 is 0 Å². The number of halogens is 2. The lowest BCUT2D eigenvalue weighted by atomic mass is 9.94. The lowest BCUT2D eigenvalue weighted by Gasteiger charge is -2.23. The third-order valence-corrected chi connectivity index (χ3v) is 4.16. The van der Waals surface area contributed by atoms with E-state index in [-0.39, 0.29) is 30.7 Å². The van der Waals surface area contributed by atoms with E-state index in [2.05, 4.69) is 10.4 Å². The quantitative estimate of drug-likeness (QED) is 0.812. The molecule has 3 rings (SSSR count). The average molecular weight is 271 g/mol. The van der Waals surface area contributed by atoms with Crippen LogP contribution in [-0.2, 0) is 25.4 Å². The minimum Gasteiger partial charge on any atom is -0.396 e. The molecular weight excluding hydrogens is 252 g/mol. The van der Waals surface area contributed by atoms with Gasteiger partial charge in [-0.15, -0.1) is 0 Å². The summed E-state index contributed by atoms with van der Waals surface area (Å²) in [6.45, 7) is 2.79. The summed E-state index contributed by atoms with van der Waals surface area (Å²) in [5.41, 5.74) is 1.54. The highest BCUT2D eigenvalue weighted by molar-refractivity contribution is 5.32. The first kappa shape index (κ1) is 13.0. The second kappa shape index (κ2) is 4.52. The van der Waals surface area contributed by atoms with E-state index in [0.717, 1.165) is 5.69 Å².